The summed E-state index contributed by atoms with van der Waals surface area (Å²) in [6, 6.07) is 61.5. The van der Waals surface area contributed by atoms with Gasteiger partial charge in [-0.25, -0.2) is 12.1 Å². The molecule has 0 atom stereocenters. The zero-order chi connectivity index (χ0) is 38.3. The third kappa shape index (κ3) is 9.87. The summed E-state index contributed by atoms with van der Waals surface area (Å²) in [5.41, 5.74) is 16.2. The van der Waals surface area contributed by atoms with E-state index < -0.39 is 0 Å². The molecule has 2 heteroatoms. The predicted octanol–water partition coefficient (Wildman–Crippen LogP) is 14.0. The molecule has 0 fully saturated rings. The van der Waals surface area contributed by atoms with Crippen LogP contribution in [0.1, 0.15) is 74.9 Å². The van der Waals surface area contributed by atoms with Crippen molar-refractivity contribution < 1.29 is 24.2 Å². The fraction of sp³-hybridized carbons (Fsp3) is 0.192. The Labute approximate surface area is 343 Å². The third-order valence-electron chi connectivity index (χ3n) is 9.80. The van der Waals surface area contributed by atoms with Gasteiger partial charge in [0, 0.05) is 0 Å². The molecule has 0 bridgehead atoms. The van der Waals surface area contributed by atoms with E-state index in [0.29, 0.717) is 0 Å². The van der Waals surface area contributed by atoms with Crippen molar-refractivity contribution in [2.45, 2.75) is 65.2 Å². The number of rotatable bonds is 5. The maximum Gasteiger partial charge on any atom is -0.172 e. The molecule has 0 aliphatic heterocycles. The molecule has 0 unspecified atom stereocenters. The van der Waals surface area contributed by atoms with E-state index in [1.807, 2.05) is 42.5 Å². The van der Waals surface area contributed by atoms with E-state index in [1.54, 1.807) is 0 Å². The van der Waals surface area contributed by atoms with Gasteiger partial charge in [0.15, 0.2) is 0 Å². The van der Waals surface area contributed by atoms with E-state index in [1.165, 1.54) is 94.2 Å². The molecule has 268 valence electrons. The average molecular weight is 801 g/mol. The van der Waals surface area contributed by atoms with Gasteiger partial charge in [-0.15, -0.1) is 28.8 Å². The summed E-state index contributed by atoms with van der Waals surface area (Å²) in [5, 5.41) is 0.800. The van der Waals surface area contributed by atoms with Crippen molar-refractivity contribution in [1.29, 1.82) is 0 Å². The number of halogens is 1. The summed E-state index contributed by atoms with van der Waals surface area (Å²) in [4.78, 5) is 0. The Bertz CT molecular complexity index is 2150. The largest absolute Gasteiger partial charge is 0.214 e. The van der Waals surface area contributed by atoms with Gasteiger partial charge in [0.05, 0.1) is 0 Å². The van der Waals surface area contributed by atoms with E-state index in [9.17, 15) is 0 Å². The van der Waals surface area contributed by atoms with Gasteiger partial charge in [0.25, 0.3) is 0 Å². The molecule has 0 amide bonds. The van der Waals surface area contributed by atoms with Gasteiger partial charge >= 0.3 is 116 Å². The Morgan fingerprint density at radius 1 is 0.611 bits per heavy atom. The normalized spacial score (nSPS) is 11.7. The van der Waals surface area contributed by atoms with Gasteiger partial charge in [-0.2, -0.15) is 18.2 Å². The van der Waals surface area contributed by atoms with Crippen molar-refractivity contribution in [2.24, 2.45) is 0 Å². The van der Waals surface area contributed by atoms with Crippen LogP contribution in [0.4, 0.5) is 0 Å². The monoisotopic (exact) mass is 798 g/mol. The summed E-state index contributed by atoms with van der Waals surface area (Å²) >= 11 is 7.34. The Morgan fingerprint density at radius 2 is 1.15 bits per heavy atom. The number of hydrogen-bond donors (Lipinski definition) is 0. The molecule has 7 aromatic rings. The minimum Gasteiger partial charge on any atom is -0.214 e. The van der Waals surface area contributed by atoms with Crippen molar-refractivity contribution in [2.75, 3.05) is 0 Å². The van der Waals surface area contributed by atoms with Gasteiger partial charge in [-0.1, -0.05) is 131 Å². The fourth-order valence-corrected chi connectivity index (χ4v) is 8.01. The standard InChI is InChI=1S/C33H33.C14H11Cl.C5H5.Zr/c1-32(2,3)30-20-26-24(18-28(30)22-13-9-7-10-14-22)17-25-19-29(23-15-11-8-12-16-23)31(21-27(25)26)33(4,5)6;15-14-10-8-13(9-11-14)7-6-12-4-2-1-3-5-12;1-2-4-5-3-1;/h7-16,18,20-21H,17H2,1-6H3;1-5,8-11H,7H2;1-5H;/q-1;;-1;+2. The summed E-state index contributed by atoms with van der Waals surface area (Å²) in [6.45, 7) is 13.9. The van der Waals surface area contributed by atoms with Crippen LogP contribution >= 0.6 is 11.6 Å². The third-order valence-corrected chi connectivity index (χ3v) is 11.2. The van der Waals surface area contributed by atoms with E-state index in [0.717, 1.165) is 17.9 Å². The molecule has 0 N–H and O–H groups in total. The van der Waals surface area contributed by atoms with Crippen LogP contribution in [0.5, 0.6) is 0 Å². The molecule has 54 heavy (non-hydrogen) atoms. The molecular weight excluding hydrogens is 751 g/mol. The van der Waals surface area contributed by atoms with E-state index in [4.69, 9.17) is 11.6 Å². The first kappa shape index (κ1) is 39.4. The number of benzene rings is 6. The number of fused-ring (bicyclic) bond motifs is 3. The van der Waals surface area contributed by atoms with Crippen molar-refractivity contribution in [3.8, 4) is 33.4 Å². The molecule has 0 nitrogen and oxygen atoms in total. The Kier molecular flexibility index (Phi) is 12.7. The van der Waals surface area contributed by atoms with Crippen LogP contribution in [0.2, 0.25) is 5.02 Å². The quantitative estimate of drug-likeness (QED) is 0.152. The second-order valence-corrected chi connectivity index (χ2v) is 17.9. The zero-order valence-electron chi connectivity index (χ0n) is 32.4. The molecule has 1 aliphatic rings. The van der Waals surface area contributed by atoms with Crippen molar-refractivity contribution in [3.63, 3.8) is 0 Å². The van der Waals surface area contributed by atoms with E-state index >= 15 is 0 Å². The predicted molar refractivity (Wildman–Crippen MR) is 230 cm³/mol. The molecule has 0 saturated heterocycles. The van der Waals surface area contributed by atoms with Crippen LogP contribution in [0.15, 0.2) is 164 Å². The topological polar surface area (TPSA) is 0 Å². The molecule has 8 rings (SSSR count). The van der Waals surface area contributed by atoms with Crippen LogP contribution in [-0.4, -0.2) is 3.21 Å². The van der Waals surface area contributed by atoms with Crippen molar-refractivity contribution >= 4 is 14.8 Å². The van der Waals surface area contributed by atoms with Gasteiger partial charge in [0.2, 0.25) is 0 Å². The van der Waals surface area contributed by atoms with E-state index in [-0.39, 0.29) is 10.8 Å². The van der Waals surface area contributed by atoms with Crippen LogP contribution in [-0.2, 0) is 47.9 Å². The first-order valence-electron chi connectivity index (χ1n) is 18.8. The van der Waals surface area contributed by atoms with Crippen molar-refractivity contribution in [1.82, 2.24) is 0 Å². The Hall–Kier alpha value is -4.29. The molecule has 0 saturated carbocycles. The van der Waals surface area contributed by atoms with Gasteiger partial charge in [-0.3, -0.25) is 0 Å². The first-order valence-corrected chi connectivity index (χ1v) is 20.4. The Morgan fingerprint density at radius 3 is 1.69 bits per heavy atom. The minimum absolute atomic E-state index is 0.0380. The van der Waals surface area contributed by atoms with Crippen LogP contribution < -0.4 is 0 Å². The first-order chi connectivity index (χ1) is 25.9. The summed E-state index contributed by atoms with van der Waals surface area (Å²) < 4.78 is 1.47. The van der Waals surface area contributed by atoms with E-state index in [2.05, 4.69) is 169 Å². The minimum atomic E-state index is 0.0380. The van der Waals surface area contributed by atoms with Crippen LogP contribution in [0.25, 0.3) is 33.4 Å². The maximum atomic E-state index is 5.86. The summed E-state index contributed by atoms with van der Waals surface area (Å²) in [6.07, 6.45) is 1.96. The fourth-order valence-electron chi connectivity index (χ4n) is 6.97. The van der Waals surface area contributed by atoms with Crippen molar-refractivity contribution in [3.05, 3.63) is 208 Å². The smallest absolute Gasteiger partial charge is 0.172 e. The average Bonchev–Trinajstić information content (AvgIpc) is 3.87. The molecule has 0 aromatic heterocycles. The summed E-state index contributed by atoms with van der Waals surface area (Å²) in [5.74, 6) is 0. The van der Waals surface area contributed by atoms with Crippen LogP contribution in [0, 0.1) is 6.07 Å². The summed E-state index contributed by atoms with van der Waals surface area (Å²) in [7, 11) is 0. The van der Waals surface area contributed by atoms with Gasteiger partial charge in [0.1, 0.15) is 0 Å². The second kappa shape index (κ2) is 17.5. The molecule has 1 aliphatic carbocycles. The molecule has 0 spiro atoms. The SMILES string of the molecule is CC(C)(C)c1cc2c([c-]c1-c1ccccc1)Cc1cc(-c3ccccc3)c(C(C)(C)C)cc1-2.Clc1ccc(C[C](=[Zr+2])c2ccccc2)cc1.c1cc[cH-]c1. The Balaban J connectivity index is 0.000000195. The van der Waals surface area contributed by atoms with Crippen LogP contribution in [0.3, 0.4) is 0 Å². The molecule has 0 heterocycles. The molecular formula is C52H49ClZr. The zero-order valence-corrected chi connectivity index (χ0v) is 35.6. The molecule has 7 aromatic carbocycles. The number of hydrogen-bond acceptors (Lipinski definition) is 0. The van der Waals surface area contributed by atoms with Gasteiger partial charge in [-0.05, 0) is 39.5 Å². The van der Waals surface area contributed by atoms with Gasteiger partial charge < -0.3 is 0 Å². The maximum absolute atomic E-state index is 5.86. The second-order valence-electron chi connectivity index (χ2n) is 16.0. The molecule has 0 radical (unpaired) electrons.